The maximum Gasteiger partial charge on any atom is 0.305 e. The molecule has 1 aromatic rings. The van der Waals surface area contributed by atoms with Gasteiger partial charge in [-0.15, -0.1) is 0 Å². The summed E-state index contributed by atoms with van der Waals surface area (Å²) >= 11 is 12.2. The Hall–Kier alpha value is -1.30. The lowest BCUT2D eigenvalue weighted by Crippen LogP contribution is -2.38. The predicted molar refractivity (Wildman–Crippen MR) is 83.3 cm³/mol. The lowest BCUT2D eigenvalue weighted by Gasteiger charge is -2.23. The van der Waals surface area contributed by atoms with Crippen molar-refractivity contribution >= 4 is 35.1 Å². The molecule has 2 atom stereocenters. The van der Waals surface area contributed by atoms with Gasteiger partial charge in [-0.05, 0) is 24.1 Å². The van der Waals surface area contributed by atoms with Gasteiger partial charge in [0.1, 0.15) is 0 Å². The summed E-state index contributed by atoms with van der Waals surface area (Å²) in [6, 6.07) is 4.69. The fourth-order valence-corrected chi connectivity index (χ4v) is 3.23. The van der Waals surface area contributed by atoms with Gasteiger partial charge in [-0.25, -0.2) is 0 Å². The van der Waals surface area contributed by atoms with E-state index in [0.717, 1.165) is 0 Å². The van der Waals surface area contributed by atoms with Crippen molar-refractivity contribution in [2.45, 2.75) is 31.4 Å². The van der Waals surface area contributed by atoms with Crippen molar-refractivity contribution in [1.29, 1.82) is 0 Å². The molecule has 2 unspecified atom stereocenters. The van der Waals surface area contributed by atoms with Crippen LogP contribution in [0, 0.1) is 0 Å². The fourth-order valence-electron chi connectivity index (χ4n) is 2.70. The number of halogens is 2. The van der Waals surface area contributed by atoms with Gasteiger partial charge in [0.05, 0.1) is 18.9 Å². The first-order valence-electron chi connectivity index (χ1n) is 6.89. The molecule has 1 fully saturated rings. The van der Waals surface area contributed by atoms with Crippen LogP contribution in [0.5, 0.6) is 0 Å². The second kappa shape index (κ2) is 7.31. The number of methoxy groups -OCH3 is 1. The molecule has 120 valence electrons. The summed E-state index contributed by atoms with van der Waals surface area (Å²) in [6.45, 7) is 0.384. The van der Waals surface area contributed by atoms with Crippen LogP contribution >= 0.6 is 23.2 Å². The van der Waals surface area contributed by atoms with Gasteiger partial charge in [0, 0.05) is 29.7 Å². The quantitative estimate of drug-likeness (QED) is 0.890. The number of carbonyl (C=O) groups is 2. The maximum atomic E-state index is 12.5. The van der Waals surface area contributed by atoms with Crippen molar-refractivity contribution in [2.75, 3.05) is 13.7 Å². The Labute approximate surface area is 138 Å². The topological polar surface area (TPSA) is 66.8 Å². The Bertz CT molecular complexity index is 558. The number of amides is 1. The summed E-state index contributed by atoms with van der Waals surface area (Å²) in [7, 11) is 1.56. The molecule has 1 heterocycles. The molecule has 0 radical (unpaired) electrons. The Morgan fingerprint density at radius 1 is 1.36 bits per heavy atom. The Balaban J connectivity index is 2.14. The number of likely N-dealkylation sites (tertiary alicyclic amines) is 1. The van der Waals surface area contributed by atoms with E-state index in [4.69, 9.17) is 33.0 Å². The van der Waals surface area contributed by atoms with E-state index in [1.165, 1.54) is 0 Å². The van der Waals surface area contributed by atoms with Gasteiger partial charge in [0.25, 0.3) is 0 Å². The van der Waals surface area contributed by atoms with Gasteiger partial charge in [0.15, 0.2) is 0 Å². The lowest BCUT2D eigenvalue weighted by atomic mass is 10.1. The fraction of sp³-hybridized carbons (Fsp3) is 0.467. The number of carboxylic acids is 1. The Morgan fingerprint density at radius 2 is 2.00 bits per heavy atom. The number of carbonyl (C=O) groups excluding carboxylic acids is 1. The zero-order chi connectivity index (χ0) is 16.3. The highest BCUT2D eigenvalue weighted by atomic mass is 35.5. The van der Waals surface area contributed by atoms with Gasteiger partial charge in [0.2, 0.25) is 5.91 Å². The minimum absolute atomic E-state index is 0.0467. The highest BCUT2D eigenvalue weighted by Crippen LogP contribution is 2.28. The molecule has 1 N–H and O–H groups in total. The highest BCUT2D eigenvalue weighted by molar-refractivity contribution is 6.36. The van der Waals surface area contributed by atoms with E-state index in [0.29, 0.717) is 28.6 Å². The Kier molecular flexibility index (Phi) is 5.67. The van der Waals surface area contributed by atoms with E-state index in [1.807, 2.05) is 0 Å². The van der Waals surface area contributed by atoms with Gasteiger partial charge in [-0.3, -0.25) is 9.59 Å². The number of hydrogen-bond acceptors (Lipinski definition) is 3. The molecule has 0 spiro atoms. The molecule has 22 heavy (non-hydrogen) atoms. The van der Waals surface area contributed by atoms with Crippen LogP contribution in [0.1, 0.15) is 18.4 Å². The second-order valence-corrected chi connectivity index (χ2v) is 6.08. The number of carboxylic acid groups (broad SMARTS) is 1. The van der Waals surface area contributed by atoms with Crippen molar-refractivity contribution in [3.8, 4) is 0 Å². The molecule has 1 saturated heterocycles. The lowest BCUT2D eigenvalue weighted by molar-refractivity contribution is -0.139. The van der Waals surface area contributed by atoms with Crippen molar-refractivity contribution in [1.82, 2.24) is 4.90 Å². The van der Waals surface area contributed by atoms with Crippen LogP contribution < -0.4 is 0 Å². The van der Waals surface area contributed by atoms with Crippen LogP contribution in [0.3, 0.4) is 0 Å². The minimum Gasteiger partial charge on any atom is -0.481 e. The van der Waals surface area contributed by atoms with E-state index in [9.17, 15) is 9.59 Å². The minimum atomic E-state index is -0.935. The number of benzene rings is 1. The van der Waals surface area contributed by atoms with Crippen LogP contribution in [0.25, 0.3) is 0 Å². The van der Waals surface area contributed by atoms with Gasteiger partial charge in [-0.1, -0.05) is 29.3 Å². The summed E-state index contributed by atoms with van der Waals surface area (Å²) < 4.78 is 5.26. The molecule has 0 saturated carbocycles. The zero-order valence-corrected chi connectivity index (χ0v) is 13.6. The Morgan fingerprint density at radius 3 is 2.55 bits per heavy atom. The molecular formula is C15H17Cl2NO4. The van der Waals surface area contributed by atoms with E-state index in [2.05, 4.69) is 0 Å². The SMILES string of the molecule is COC1CC(CC(=O)O)N(C(=O)Cc2c(Cl)cccc2Cl)C1. The molecule has 0 aliphatic carbocycles. The van der Waals surface area contributed by atoms with E-state index in [-0.39, 0.29) is 30.9 Å². The molecule has 1 aliphatic heterocycles. The van der Waals surface area contributed by atoms with Crippen molar-refractivity contribution in [2.24, 2.45) is 0 Å². The first-order chi connectivity index (χ1) is 10.4. The second-order valence-electron chi connectivity index (χ2n) is 5.27. The molecule has 2 rings (SSSR count). The van der Waals surface area contributed by atoms with Crippen LogP contribution in [-0.2, 0) is 20.7 Å². The standard InChI is InChI=1S/C15H17Cl2NO4/c1-22-10-5-9(6-15(20)21)18(8-10)14(19)7-11-12(16)3-2-4-13(11)17/h2-4,9-10H,5-8H2,1H3,(H,20,21). The van der Waals surface area contributed by atoms with Crippen LogP contribution in [0.15, 0.2) is 18.2 Å². The molecule has 5 nitrogen and oxygen atoms in total. The van der Waals surface area contributed by atoms with Crippen molar-refractivity contribution < 1.29 is 19.4 Å². The summed E-state index contributed by atoms with van der Waals surface area (Å²) in [4.78, 5) is 25.1. The summed E-state index contributed by atoms with van der Waals surface area (Å²) in [5, 5.41) is 9.85. The molecule has 0 bridgehead atoms. The predicted octanol–water partition coefficient (Wildman–Crippen LogP) is 2.63. The first-order valence-corrected chi connectivity index (χ1v) is 7.65. The van der Waals surface area contributed by atoms with Crippen molar-refractivity contribution in [3.63, 3.8) is 0 Å². The first kappa shape index (κ1) is 17.1. The van der Waals surface area contributed by atoms with Gasteiger partial charge < -0.3 is 14.7 Å². The maximum absolute atomic E-state index is 12.5. The molecule has 1 amide bonds. The van der Waals surface area contributed by atoms with Crippen molar-refractivity contribution in [3.05, 3.63) is 33.8 Å². The van der Waals surface area contributed by atoms with E-state index >= 15 is 0 Å². The van der Waals surface area contributed by atoms with Gasteiger partial charge in [-0.2, -0.15) is 0 Å². The average Bonchev–Trinajstić information content (AvgIpc) is 2.85. The molecule has 1 aliphatic rings. The number of aliphatic carboxylic acids is 1. The summed E-state index contributed by atoms with van der Waals surface area (Å²) in [5.41, 5.74) is 0.561. The third-order valence-corrected chi connectivity index (χ3v) is 4.54. The smallest absolute Gasteiger partial charge is 0.305 e. The summed E-state index contributed by atoms with van der Waals surface area (Å²) in [6.07, 6.45) is 0.326. The average molecular weight is 346 g/mol. The zero-order valence-electron chi connectivity index (χ0n) is 12.1. The third kappa shape index (κ3) is 3.91. The molecule has 0 aromatic heterocycles. The third-order valence-electron chi connectivity index (χ3n) is 3.83. The number of ether oxygens (including phenoxy) is 1. The highest BCUT2D eigenvalue weighted by Gasteiger charge is 2.36. The normalized spacial score (nSPS) is 21.1. The summed E-state index contributed by atoms with van der Waals surface area (Å²) in [5.74, 6) is -1.13. The van der Waals surface area contributed by atoms with Crippen LogP contribution in [0.2, 0.25) is 10.0 Å². The molecule has 1 aromatic carbocycles. The van der Waals surface area contributed by atoms with Crippen LogP contribution in [-0.4, -0.2) is 47.7 Å². The monoisotopic (exact) mass is 345 g/mol. The number of rotatable bonds is 5. The van der Waals surface area contributed by atoms with Gasteiger partial charge >= 0.3 is 5.97 Å². The largest absolute Gasteiger partial charge is 0.481 e. The van der Waals surface area contributed by atoms with E-state index < -0.39 is 5.97 Å². The molecular weight excluding hydrogens is 329 g/mol. The number of hydrogen-bond donors (Lipinski definition) is 1. The van der Waals surface area contributed by atoms with E-state index in [1.54, 1.807) is 30.2 Å². The number of nitrogens with zero attached hydrogens (tertiary/aromatic N) is 1. The molecule has 7 heteroatoms. The van der Waals surface area contributed by atoms with Crippen LogP contribution in [0.4, 0.5) is 0 Å².